The number of rotatable bonds is 7. The molecule has 0 aliphatic heterocycles. The maximum Gasteiger partial charge on any atom is 0.407 e. The van der Waals surface area contributed by atoms with Gasteiger partial charge in [0, 0.05) is 19.2 Å². The molecular weight excluding hydrogens is 287 g/mol. The van der Waals surface area contributed by atoms with E-state index in [-0.39, 0.29) is 5.82 Å². The van der Waals surface area contributed by atoms with Gasteiger partial charge in [-0.25, -0.2) is 9.18 Å². The highest BCUT2D eigenvalue weighted by Crippen LogP contribution is 2.25. The Morgan fingerprint density at radius 3 is 2.64 bits per heavy atom. The molecule has 0 saturated heterocycles. The first-order chi connectivity index (χ1) is 10.3. The highest BCUT2D eigenvalue weighted by molar-refractivity contribution is 5.67. The molecule has 0 unspecified atom stereocenters. The summed E-state index contributed by atoms with van der Waals surface area (Å²) in [5, 5.41) is 5.85. The lowest BCUT2D eigenvalue weighted by Crippen LogP contribution is -2.33. The monoisotopic (exact) mass is 312 g/mol. The van der Waals surface area contributed by atoms with Crippen LogP contribution in [-0.4, -0.2) is 31.4 Å². The van der Waals surface area contributed by atoms with Gasteiger partial charge in [-0.05, 0) is 46.2 Å². The SMILES string of the molecule is CCOc1cc(F)ccc1NCCCNC(=O)OC(C)(C)C. The Hall–Kier alpha value is -1.98. The Labute approximate surface area is 131 Å². The van der Waals surface area contributed by atoms with Gasteiger partial charge in [0.2, 0.25) is 0 Å². The summed E-state index contributed by atoms with van der Waals surface area (Å²) < 4.78 is 23.7. The molecule has 0 radical (unpaired) electrons. The maximum atomic E-state index is 13.2. The van der Waals surface area contributed by atoms with Crippen molar-refractivity contribution in [3.63, 3.8) is 0 Å². The number of alkyl carbamates (subject to hydrolysis) is 1. The van der Waals surface area contributed by atoms with Crippen LogP contribution in [0.1, 0.15) is 34.1 Å². The Bertz CT molecular complexity index is 487. The number of hydrogen-bond donors (Lipinski definition) is 2. The van der Waals surface area contributed by atoms with Crippen LogP contribution in [0.4, 0.5) is 14.9 Å². The van der Waals surface area contributed by atoms with Gasteiger partial charge >= 0.3 is 6.09 Å². The van der Waals surface area contributed by atoms with Crippen molar-refractivity contribution in [3.05, 3.63) is 24.0 Å². The van der Waals surface area contributed by atoms with Crippen molar-refractivity contribution < 1.29 is 18.7 Å². The van der Waals surface area contributed by atoms with E-state index >= 15 is 0 Å². The summed E-state index contributed by atoms with van der Waals surface area (Å²) in [6, 6.07) is 4.37. The van der Waals surface area contributed by atoms with Crippen molar-refractivity contribution in [1.29, 1.82) is 0 Å². The summed E-state index contributed by atoms with van der Waals surface area (Å²) in [6.45, 7) is 8.89. The van der Waals surface area contributed by atoms with E-state index in [9.17, 15) is 9.18 Å². The maximum absolute atomic E-state index is 13.2. The lowest BCUT2D eigenvalue weighted by Gasteiger charge is -2.19. The van der Waals surface area contributed by atoms with E-state index in [1.54, 1.807) is 6.07 Å². The number of hydrogen-bond acceptors (Lipinski definition) is 4. The van der Waals surface area contributed by atoms with Gasteiger partial charge in [0.25, 0.3) is 0 Å². The number of benzene rings is 1. The topological polar surface area (TPSA) is 59.6 Å². The number of ether oxygens (including phenoxy) is 2. The van der Waals surface area contributed by atoms with Crippen molar-refractivity contribution in [3.8, 4) is 5.75 Å². The minimum atomic E-state index is -0.497. The Morgan fingerprint density at radius 1 is 1.27 bits per heavy atom. The van der Waals surface area contributed by atoms with Gasteiger partial charge < -0.3 is 20.1 Å². The predicted octanol–water partition coefficient (Wildman–Crippen LogP) is 3.55. The van der Waals surface area contributed by atoms with E-state index in [1.165, 1.54) is 12.1 Å². The number of carbonyl (C=O) groups is 1. The van der Waals surface area contributed by atoms with Gasteiger partial charge in [-0.3, -0.25) is 0 Å². The number of nitrogens with one attached hydrogen (secondary N) is 2. The molecule has 1 amide bonds. The molecule has 1 aromatic rings. The second-order valence-corrected chi connectivity index (χ2v) is 5.78. The lowest BCUT2D eigenvalue weighted by atomic mass is 10.2. The summed E-state index contributed by atoms with van der Waals surface area (Å²) in [4.78, 5) is 11.5. The number of carbonyl (C=O) groups excluding carboxylic acids is 1. The number of anilines is 1. The minimum Gasteiger partial charge on any atom is -0.492 e. The average molecular weight is 312 g/mol. The molecule has 0 aliphatic rings. The molecule has 1 rings (SSSR count). The smallest absolute Gasteiger partial charge is 0.407 e. The molecule has 124 valence electrons. The lowest BCUT2D eigenvalue weighted by molar-refractivity contribution is 0.0528. The zero-order valence-corrected chi connectivity index (χ0v) is 13.7. The van der Waals surface area contributed by atoms with Gasteiger partial charge in [-0.1, -0.05) is 0 Å². The fourth-order valence-corrected chi connectivity index (χ4v) is 1.73. The summed E-state index contributed by atoms with van der Waals surface area (Å²) in [6.07, 6.45) is 0.284. The molecule has 1 aromatic carbocycles. The summed E-state index contributed by atoms with van der Waals surface area (Å²) >= 11 is 0. The molecule has 22 heavy (non-hydrogen) atoms. The second-order valence-electron chi connectivity index (χ2n) is 5.78. The molecule has 0 aromatic heterocycles. The van der Waals surface area contributed by atoms with Crippen molar-refractivity contribution >= 4 is 11.8 Å². The number of amides is 1. The van der Waals surface area contributed by atoms with Crippen molar-refractivity contribution in [2.24, 2.45) is 0 Å². The Kier molecular flexibility index (Phi) is 6.95. The van der Waals surface area contributed by atoms with E-state index in [4.69, 9.17) is 9.47 Å². The molecule has 2 N–H and O–H groups in total. The third kappa shape index (κ3) is 7.15. The average Bonchev–Trinajstić information content (AvgIpc) is 2.39. The fourth-order valence-electron chi connectivity index (χ4n) is 1.73. The van der Waals surface area contributed by atoms with Gasteiger partial charge in [0.05, 0.1) is 12.3 Å². The molecule has 0 spiro atoms. The predicted molar refractivity (Wildman–Crippen MR) is 84.9 cm³/mol. The largest absolute Gasteiger partial charge is 0.492 e. The highest BCUT2D eigenvalue weighted by atomic mass is 19.1. The second kappa shape index (κ2) is 8.46. The van der Waals surface area contributed by atoms with E-state index in [2.05, 4.69) is 10.6 Å². The van der Waals surface area contributed by atoms with Gasteiger partial charge in [0.15, 0.2) is 0 Å². The summed E-state index contributed by atoms with van der Waals surface area (Å²) in [5.74, 6) is 0.156. The van der Waals surface area contributed by atoms with Crippen molar-refractivity contribution in [2.75, 3.05) is 25.0 Å². The zero-order valence-electron chi connectivity index (χ0n) is 13.7. The van der Waals surface area contributed by atoms with Crippen LogP contribution in [0.25, 0.3) is 0 Å². The quantitative estimate of drug-likeness (QED) is 0.756. The van der Waals surface area contributed by atoms with E-state index in [1.807, 2.05) is 27.7 Å². The molecule has 0 aliphatic carbocycles. The van der Waals surface area contributed by atoms with Crippen LogP contribution in [0.2, 0.25) is 0 Å². The van der Waals surface area contributed by atoms with Gasteiger partial charge in [-0.2, -0.15) is 0 Å². The van der Waals surface area contributed by atoms with Crippen LogP contribution in [-0.2, 0) is 4.74 Å². The van der Waals surface area contributed by atoms with Crippen LogP contribution in [0.5, 0.6) is 5.75 Å². The van der Waals surface area contributed by atoms with E-state index < -0.39 is 11.7 Å². The first-order valence-corrected chi connectivity index (χ1v) is 7.45. The van der Waals surface area contributed by atoms with Crippen LogP contribution >= 0.6 is 0 Å². The molecular formula is C16H25FN2O3. The molecule has 6 heteroatoms. The van der Waals surface area contributed by atoms with Crippen LogP contribution < -0.4 is 15.4 Å². The normalized spacial score (nSPS) is 11.0. The Balaban J connectivity index is 2.32. The van der Waals surface area contributed by atoms with Crippen LogP contribution in [0, 0.1) is 5.82 Å². The van der Waals surface area contributed by atoms with Gasteiger partial charge in [-0.15, -0.1) is 0 Å². The summed E-state index contributed by atoms with van der Waals surface area (Å²) in [7, 11) is 0. The molecule has 0 heterocycles. The number of halogens is 1. The summed E-state index contributed by atoms with van der Waals surface area (Å²) in [5.41, 5.74) is 0.239. The van der Waals surface area contributed by atoms with Gasteiger partial charge in [0.1, 0.15) is 17.2 Å². The first-order valence-electron chi connectivity index (χ1n) is 7.45. The molecule has 0 atom stereocenters. The molecule has 0 saturated carbocycles. The highest BCUT2D eigenvalue weighted by Gasteiger charge is 2.15. The van der Waals surface area contributed by atoms with Crippen molar-refractivity contribution in [1.82, 2.24) is 5.32 Å². The molecule has 0 fully saturated rings. The molecule has 0 bridgehead atoms. The minimum absolute atomic E-state index is 0.333. The first kappa shape index (κ1) is 18.1. The zero-order chi connectivity index (χ0) is 16.6. The standard InChI is InChI=1S/C16H25FN2O3/c1-5-21-14-11-12(17)7-8-13(14)18-9-6-10-19-15(20)22-16(2,3)4/h7-8,11,18H,5-6,9-10H2,1-4H3,(H,19,20). The third-order valence-electron chi connectivity index (χ3n) is 2.58. The van der Waals surface area contributed by atoms with Crippen LogP contribution in [0.3, 0.4) is 0 Å². The Morgan fingerprint density at radius 2 is 2.00 bits per heavy atom. The van der Waals surface area contributed by atoms with Crippen molar-refractivity contribution in [2.45, 2.75) is 39.7 Å². The third-order valence-corrected chi connectivity index (χ3v) is 2.58. The molecule has 5 nitrogen and oxygen atoms in total. The van der Waals surface area contributed by atoms with Crippen LogP contribution in [0.15, 0.2) is 18.2 Å². The fraction of sp³-hybridized carbons (Fsp3) is 0.562. The van der Waals surface area contributed by atoms with E-state index in [0.717, 1.165) is 5.69 Å². The van der Waals surface area contributed by atoms with E-state index in [0.29, 0.717) is 31.9 Å².